The van der Waals surface area contributed by atoms with Crippen LogP contribution in [-0.2, 0) is 9.53 Å². The van der Waals surface area contributed by atoms with Crippen molar-refractivity contribution in [1.29, 1.82) is 0 Å². The minimum Gasteiger partial charge on any atom is -0.501 e. The van der Waals surface area contributed by atoms with Crippen molar-refractivity contribution in [1.82, 2.24) is 5.32 Å². The predicted molar refractivity (Wildman–Crippen MR) is 87.2 cm³/mol. The maximum absolute atomic E-state index is 12.6. The normalized spacial score (nSPS) is 26.5. The van der Waals surface area contributed by atoms with Crippen LogP contribution in [0.1, 0.15) is 32.3 Å². The van der Waals surface area contributed by atoms with Crippen LogP contribution in [-0.4, -0.2) is 18.6 Å². The van der Waals surface area contributed by atoms with Crippen LogP contribution in [0.2, 0.25) is 0 Å². The molecule has 1 aromatic rings. The van der Waals surface area contributed by atoms with Gasteiger partial charge in [0.25, 0.3) is 0 Å². The standard InChI is InChI=1S/C19H23NO2/c1-19(2,3)20-18(21)13-10-11-14(22-4)17-15(16(13)17)12-8-6-5-7-9-12/h5-11,15-17H,1-4H3,(H,20,21)/t15-,16-,17+/m0/s1. The highest BCUT2D eigenvalue weighted by molar-refractivity contribution is 5.96. The number of nitrogens with one attached hydrogen (secondary N) is 1. The molecule has 1 N–H and O–H groups in total. The first kappa shape index (κ1) is 14.9. The third-order valence-electron chi connectivity index (χ3n) is 4.31. The molecule has 1 saturated carbocycles. The summed E-state index contributed by atoms with van der Waals surface area (Å²) in [6.07, 6.45) is 3.87. The van der Waals surface area contributed by atoms with Crippen molar-refractivity contribution in [2.75, 3.05) is 7.11 Å². The van der Waals surface area contributed by atoms with Gasteiger partial charge in [-0.1, -0.05) is 30.3 Å². The van der Waals surface area contributed by atoms with Gasteiger partial charge in [-0.25, -0.2) is 0 Å². The van der Waals surface area contributed by atoms with E-state index in [-0.39, 0.29) is 23.3 Å². The summed E-state index contributed by atoms with van der Waals surface area (Å²) in [6.45, 7) is 6.01. The number of ether oxygens (including phenoxy) is 1. The highest BCUT2D eigenvalue weighted by atomic mass is 16.5. The van der Waals surface area contributed by atoms with Crippen LogP contribution in [0.4, 0.5) is 0 Å². The van der Waals surface area contributed by atoms with Gasteiger partial charge in [-0.2, -0.15) is 0 Å². The van der Waals surface area contributed by atoms with Crippen LogP contribution in [0, 0.1) is 11.8 Å². The molecule has 0 heterocycles. The van der Waals surface area contributed by atoms with Gasteiger partial charge in [0.05, 0.1) is 12.9 Å². The molecular formula is C19H23NO2. The molecule has 0 spiro atoms. The highest BCUT2D eigenvalue weighted by Crippen LogP contribution is 2.62. The van der Waals surface area contributed by atoms with Gasteiger partial charge in [-0.05, 0) is 38.5 Å². The summed E-state index contributed by atoms with van der Waals surface area (Å²) < 4.78 is 5.51. The molecule has 0 aromatic heterocycles. The fourth-order valence-electron chi connectivity index (χ4n) is 3.38. The molecule has 0 bridgehead atoms. The summed E-state index contributed by atoms with van der Waals surface area (Å²) in [5.41, 5.74) is 1.92. The lowest BCUT2D eigenvalue weighted by Crippen LogP contribution is -2.42. The molecule has 0 unspecified atom stereocenters. The molecule has 1 amide bonds. The zero-order valence-electron chi connectivity index (χ0n) is 13.6. The molecule has 3 nitrogen and oxygen atoms in total. The molecule has 1 aromatic carbocycles. The molecule has 3 atom stereocenters. The Morgan fingerprint density at radius 2 is 1.73 bits per heavy atom. The van der Waals surface area contributed by atoms with Crippen molar-refractivity contribution in [2.45, 2.75) is 32.2 Å². The second-order valence-electron chi connectivity index (χ2n) is 7.09. The Kier molecular flexibility index (Phi) is 3.59. The third-order valence-corrected chi connectivity index (χ3v) is 4.31. The van der Waals surface area contributed by atoms with E-state index in [0.717, 1.165) is 11.3 Å². The lowest BCUT2D eigenvalue weighted by atomic mass is 10.00. The monoisotopic (exact) mass is 297 g/mol. The van der Waals surface area contributed by atoms with Crippen molar-refractivity contribution in [3.8, 4) is 0 Å². The van der Waals surface area contributed by atoms with E-state index in [0.29, 0.717) is 5.92 Å². The molecule has 1 fully saturated rings. The lowest BCUT2D eigenvalue weighted by Gasteiger charge is -2.22. The number of carbonyl (C=O) groups excluding carboxylic acids is 1. The van der Waals surface area contributed by atoms with E-state index in [9.17, 15) is 4.79 Å². The first-order valence-corrected chi connectivity index (χ1v) is 7.75. The smallest absolute Gasteiger partial charge is 0.247 e. The molecule has 2 aliphatic carbocycles. The van der Waals surface area contributed by atoms with Gasteiger partial charge in [0, 0.05) is 28.9 Å². The molecule has 0 aliphatic heterocycles. The van der Waals surface area contributed by atoms with E-state index in [1.54, 1.807) is 7.11 Å². The van der Waals surface area contributed by atoms with E-state index in [1.807, 2.05) is 39.0 Å². The van der Waals surface area contributed by atoms with Crippen LogP contribution in [0.15, 0.2) is 53.8 Å². The summed E-state index contributed by atoms with van der Waals surface area (Å²) in [6, 6.07) is 10.4. The molecule has 0 radical (unpaired) electrons. The number of fused-ring (bicyclic) bond motifs is 1. The number of benzene rings is 1. The Balaban J connectivity index is 1.88. The van der Waals surface area contributed by atoms with E-state index in [4.69, 9.17) is 4.74 Å². The van der Waals surface area contributed by atoms with E-state index in [2.05, 4.69) is 29.6 Å². The van der Waals surface area contributed by atoms with Crippen molar-refractivity contribution in [2.24, 2.45) is 11.8 Å². The van der Waals surface area contributed by atoms with Crippen molar-refractivity contribution in [3.05, 3.63) is 59.4 Å². The molecule has 2 aliphatic rings. The molecule has 0 saturated heterocycles. The molecule has 116 valence electrons. The van der Waals surface area contributed by atoms with Crippen LogP contribution in [0.25, 0.3) is 0 Å². The Labute approximate surface area is 132 Å². The summed E-state index contributed by atoms with van der Waals surface area (Å²) >= 11 is 0. The second kappa shape index (κ2) is 5.31. The van der Waals surface area contributed by atoms with Gasteiger partial charge < -0.3 is 10.1 Å². The molecular weight excluding hydrogens is 274 g/mol. The number of methoxy groups -OCH3 is 1. The first-order chi connectivity index (χ1) is 10.4. The fraction of sp³-hybridized carbons (Fsp3) is 0.421. The second-order valence-corrected chi connectivity index (χ2v) is 7.09. The van der Waals surface area contributed by atoms with Crippen LogP contribution < -0.4 is 5.32 Å². The largest absolute Gasteiger partial charge is 0.501 e. The number of rotatable bonds is 3. The van der Waals surface area contributed by atoms with E-state index in [1.165, 1.54) is 5.56 Å². The SMILES string of the molecule is COC1=CC=C(C(=O)NC(C)(C)C)[C@@H]2[C@H]1[C@H]2c1ccccc1. The summed E-state index contributed by atoms with van der Waals surface area (Å²) in [5, 5.41) is 3.07. The van der Waals surface area contributed by atoms with E-state index >= 15 is 0 Å². The number of carbonyl (C=O) groups is 1. The summed E-state index contributed by atoms with van der Waals surface area (Å²) in [7, 11) is 1.71. The van der Waals surface area contributed by atoms with Gasteiger partial charge in [0.2, 0.25) is 5.91 Å². The topological polar surface area (TPSA) is 38.3 Å². The maximum atomic E-state index is 12.6. The summed E-state index contributed by atoms with van der Waals surface area (Å²) in [5.74, 6) is 1.87. The zero-order valence-corrected chi connectivity index (χ0v) is 13.6. The lowest BCUT2D eigenvalue weighted by molar-refractivity contribution is -0.119. The quantitative estimate of drug-likeness (QED) is 0.928. The first-order valence-electron chi connectivity index (χ1n) is 7.75. The average Bonchev–Trinajstić information content (AvgIpc) is 3.20. The Bertz CT molecular complexity index is 637. The van der Waals surface area contributed by atoms with Crippen LogP contribution in [0.3, 0.4) is 0 Å². The number of hydrogen-bond donors (Lipinski definition) is 1. The molecule has 22 heavy (non-hydrogen) atoms. The molecule has 3 rings (SSSR count). The van der Waals surface area contributed by atoms with Gasteiger partial charge in [-0.3, -0.25) is 4.79 Å². The molecule has 3 heteroatoms. The summed E-state index contributed by atoms with van der Waals surface area (Å²) in [4.78, 5) is 12.6. The van der Waals surface area contributed by atoms with Crippen molar-refractivity contribution in [3.63, 3.8) is 0 Å². The Morgan fingerprint density at radius 1 is 1.05 bits per heavy atom. The average molecular weight is 297 g/mol. The highest BCUT2D eigenvalue weighted by Gasteiger charge is 2.58. The minimum absolute atomic E-state index is 0.0346. The van der Waals surface area contributed by atoms with Gasteiger partial charge in [-0.15, -0.1) is 0 Å². The minimum atomic E-state index is -0.226. The van der Waals surface area contributed by atoms with Gasteiger partial charge in [0.15, 0.2) is 0 Å². The van der Waals surface area contributed by atoms with Gasteiger partial charge in [0.1, 0.15) is 0 Å². The predicted octanol–water partition coefficient (Wildman–Crippen LogP) is 3.40. The number of amides is 1. The third kappa shape index (κ3) is 2.68. The zero-order chi connectivity index (χ0) is 15.9. The Morgan fingerprint density at radius 3 is 2.32 bits per heavy atom. The van der Waals surface area contributed by atoms with Crippen LogP contribution >= 0.6 is 0 Å². The number of hydrogen-bond acceptors (Lipinski definition) is 2. The van der Waals surface area contributed by atoms with Crippen LogP contribution in [0.5, 0.6) is 0 Å². The maximum Gasteiger partial charge on any atom is 0.247 e. The van der Waals surface area contributed by atoms with Gasteiger partial charge >= 0.3 is 0 Å². The fourth-order valence-corrected chi connectivity index (χ4v) is 3.38. The van der Waals surface area contributed by atoms with Crippen molar-refractivity contribution >= 4 is 5.91 Å². The van der Waals surface area contributed by atoms with E-state index < -0.39 is 0 Å². The Hall–Kier alpha value is -2.03. The van der Waals surface area contributed by atoms with Crippen molar-refractivity contribution < 1.29 is 9.53 Å². The number of allylic oxidation sites excluding steroid dienone is 3.